The summed E-state index contributed by atoms with van der Waals surface area (Å²) >= 11 is 0. The zero-order chi connectivity index (χ0) is 0. The average Bonchev–Trinajstić information content (AvgIpc) is 0. The first-order valence-electron chi connectivity index (χ1n) is 0. The molecule has 4 heteroatoms. The number of rotatable bonds is 0. The minimum absolute atomic E-state index is 0. The van der Waals surface area contributed by atoms with Crippen LogP contribution in [-0.2, 0) is 46.3 Å². The fourth-order valence-corrected chi connectivity index (χ4v) is 0. The molecule has 0 fully saturated rings. The molecule has 0 aromatic heterocycles. The van der Waals surface area contributed by atoms with E-state index in [1.165, 1.54) is 0 Å². The first kappa shape index (κ1) is 24.2. The van der Waals surface area contributed by atoms with Gasteiger partial charge in [-0.25, -0.2) is 0 Å². The van der Waals surface area contributed by atoms with Crippen LogP contribution in [0, 0.1) is 0 Å². The molecule has 0 atom stereocenters. The van der Waals surface area contributed by atoms with Crippen LogP contribution in [0.2, 0.25) is 0 Å². The van der Waals surface area contributed by atoms with Crippen molar-refractivity contribution in [2.24, 2.45) is 0 Å². The van der Waals surface area contributed by atoms with Crippen LogP contribution in [0.5, 0.6) is 0 Å². The summed E-state index contributed by atoms with van der Waals surface area (Å²) < 4.78 is 0. The van der Waals surface area contributed by atoms with E-state index in [4.69, 9.17) is 0 Å². The smallest absolute Gasteiger partial charge is 0 e. The van der Waals surface area contributed by atoms with Gasteiger partial charge in [-0.15, -0.1) is 0 Å². The van der Waals surface area contributed by atoms with Crippen LogP contribution in [0.15, 0.2) is 0 Å². The summed E-state index contributed by atoms with van der Waals surface area (Å²) in [6.07, 6.45) is 0. The molecular formula is H3IrRbSnZr. The van der Waals surface area contributed by atoms with Gasteiger partial charge in [-0.05, 0) is 0 Å². The predicted octanol–water partition coefficient (Wildman–Crippen LogP) is -3.80. The summed E-state index contributed by atoms with van der Waals surface area (Å²) in [7, 11) is 0. The number of hydrogen-bond acceptors (Lipinski definition) is 0. The third-order valence-corrected chi connectivity index (χ3v) is 0. The van der Waals surface area contributed by atoms with Crippen LogP contribution in [0.4, 0.5) is 0 Å². The second kappa shape index (κ2) is 15.7. The predicted molar refractivity (Wildman–Crippen MR) is 9.66 cm³/mol. The van der Waals surface area contributed by atoms with Crippen LogP contribution in [-0.4, -0.2) is 23.9 Å². The van der Waals surface area contributed by atoms with Crippen molar-refractivity contribution in [3.05, 3.63) is 0 Å². The van der Waals surface area contributed by atoms with Crippen molar-refractivity contribution < 1.29 is 106 Å². The van der Waals surface area contributed by atoms with E-state index in [2.05, 4.69) is 0 Å². The van der Waals surface area contributed by atoms with Crippen LogP contribution >= 0.6 is 0 Å². The molecule has 0 aliphatic carbocycles. The molecule has 4 heavy (non-hydrogen) atoms. The first-order chi connectivity index (χ1) is 0. The van der Waals surface area contributed by atoms with E-state index in [9.17, 15) is 0 Å². The molecule has 0 aromatic carbocycles. The topological polar surface area (TPSA) is 0 Å². The van der Waals surface area contributed by atoms with Crippen molar-refractivity contribution in [1.82, 2.24) is 0 Å². The van der Waals surface area contributed by atoms with E-state index in [1.54, 1.807) is 0 Å². The zero-order valence-electron chi connectivity index (χ0n) is 3.54. The van der Waals surface area contributed by atoms with Crippen LogP contribution in [0.25, 0.3) is 0 Å². The fourth-order valence-electron chi connectivity index (χ4n) is 0. The van der Waals surface area contributed by atoms with Gasteiger partial charge in [-0.2, -0.15) is 0 Å². The first-order valence-corrected chi connectivity index (χ1v) is 0. The van der Waals surface area contributed by atoms with Gasteiger partial charge in [-0.1, -0.05) is 0 Å². The summed E-state index contributed by atoms with van der Waals surface area (Å²) in [6, 6.07) is 0. The third-order valence-electron chi connectivity index (χ3n) is 0. The van der Waals surface area contributed by atoms with Gasteiger partial charge in [0, 0.05) is 46.3 Å². The Morgan fingerprint density at radius 3 is 1.25 bits per heavy atom. The van der Waals surface area contributed by atoms with Crippen molar-refractivity contribution in [3.8, 4) is 0 Å². The molecule has 0 rings (SSSR count). The van der Waals surface area contributed by atoms with Crippen LogP contribution in [0.1, 0.15) is 1.43 Å². The molecule has 0 bridgehead atoms. The minimum atomic E-state index is 0. The van der Waals surface area contributed by atoms with Gasteiger partial charge in [-0.3, -0.25) is 0 Å². The Hall–Kier alpha value is 4.14. The van der Waals surface area contributed by atoms with E-state index in [0.29, 0.717) is 0 Å². The van der Waals surface area contributed by atoms with Crippen LogP contribution in [0.3, 0.4) is 0 Å². The fraction of sp³-hybridized carbons (Fsp3) is 0. The van der Waals surface area contributed by atoms with Crippen LogP contribution < -0.4 is 58.2 Å². The van der Waals surface area contributed by atoms with Gasteiger partial charge in [0.1, 0.15) is 0 Å². The van der Waals surface area contributed by atoms with Crippen molar-refractivity contribution in [1.29, 1.82) is 0 Å². The monoisotopic (exact) mass is 491 g/mol. The molecule has 0 saturated heterocycles. The summed E-state index contributed by atoms with van der Waals surface area (Å²) in [4.78, 5) is 0. The Kier molecular flexibility index (Phi) is 95.1. The van der Waals surface area contributed by atoms with Gasteiger partial charge in [0.25, 0.3) is 0 Å². The maximum Gasteiger partial charge on any atom is 0 e. The normalized spacial score (nSPS) is 0. The van der Waals surface area contributed by atoms with Gasteiger partial charge in [0.15, 0.2) is 0 Å². The molecule has 0 amide bonds. The molecule has 0 unspecified atom stereocenters. The second-order valence-corrected chi connectivity index (χ2v) is 0. The van der Waals surface area contributed by atoms with Gasteiger partial charge in [0.05, 0.1) is 0 Å². The van der Waals surface area contributed by atoms with Gasteiger partial charge < -0.3 is 1.43 Å². The molecule has 0 saturated carbocycles. The Bertz CT molecular complexity index is 11.6. The number of hydrogen-bond donors (Lipinski definition) is 0. The van der Waals surface area contributed by atoms with Crippen molar-refractivity contribution in [2.45, 2.75) is 0 Å². The molecule has 0 heterocycles. The Morgan fingerprint density at radius 2 is 1.25 bits per heavy atom. The Labute approximate surface area is 126 Å². The van der Waals surface area contributed by atoms with E-state index < -0.39 is 0 Å². The summed E-state index contributed by atoms with van der Waals surface area (Å²) in [5.74, 6) is 0. The van der Waals surface area contributed by atoms with E-state index >= 15 is 0 Å². The van der Waals surface area contributed by atoms with E-state index in [-0.39, 0.29) is 130 Å². The summed E-state index contributed by atoms with van der Waals surface area (Å²) in [6.45, 7) is 0. The average molecular weight is 491 g/mol. The van der Waals surface area contributed by atoms with Crippen molar-refractivity contribution in [3.63, 3.8) is 0 Å². The molecule has 3 radical (unpaired) electrons. The SMILES string of the molecule is [H-].[Ir].[Rb+].[SnH2].[Zr]. The Balaban J connectivity index is 0. The van der Waals surface area contributed by atoms with Crippen molar-refractivity contribution in [2.75, 3.05) is 0 Å². The maximum atomic E-state index is 0. The molecule has 0 aliphatic heterocycles. The quantitative estimate of drug-likeness (QED) is 0.306. The zero-order valence-corrected chi connectivity index (χ0v) is 16.3. The molecule has 21 valence electrons. The van der Waals surface area contributed by atoms with E-state index in [0.717, 1.165) is 0 Å². The Morgan fingerprint density at radius 1 is 1.25 bits per heavy atom. The van der Waals surface area contributed by atoms with Gasteiger partial charge in [0.2, 0.25) is 0 Å². The molecular weight excluding hydrogens is 488 g/mol. The second-order valence-electron chi connectivity index (χ2n) is 0. The largest absolute Gasteiger partial charge is 0 e. The minimum Gasteiger partial charge on any atom is 0 e. The summed E-state index contributed by atoms with van der Waals surface area (Å²) in [5, 5.41) is 0. The molecule has 0 spiro atoms. The van der Waals surface area contributed by atoms with Crippen molar-refractivity contribution >= 4 is 23.9 Å². The molecule has 0 N–H and O–H groups in total. The maximum absolute atomic E-state index is 0. The van der Waals surface area contributed by atoms with Gasteiger partial charge >= 0.3 is 82.1 Å². The third kappa shape index (κ3) is 9.46. The molecule has 0 aromatic rings. The summed E-state index contributed by atoms with van der Waals surface area (Å²) in [5.41, 5.74) is 0. The molecule has 0 nitrogen and oxygen atoms in total. The molecule has 0 aliphatic rings. The standard InChI is InChI=1S/Ir.Rb.Sn.Zr.3H/q;+1;;;;;-1. The van der Waals surface area contributed by atoms with E-state index in [1.807, 2.05) is 0 Å².